The topological polar surface area (TPSA) is 0 Å². The second-order valence-corrected chi connectivity index (χ2v) is 3.88. The highest BCUT2D eigenvalue weighted by atomic mass is 14.5. The highest BCUT2D eigenvalue weighted by Gasteiger charge is 2.51. The fourth-order valence-electron chi connectivity index (χ4n) is 2.21. The molecule has 54 valence electrons. The van der Waals surface area contributed by atoms with Crippen LogP contribution in [-0.2, 0) is 0 Å². The van der Waals surface area contributed by atoms with Gasteiger partial charge < -0.3 is 0 Å². The highest BCUT2D eigenvalue weighted by Crippen LogP contribution is 2.59. The van der Waals surface area contributed by atoms with Gasteiger partial charge in [0.2, 0.25) is 0 Å². The minimum atomic E-state index is 0.672. The molecule has 0 nitrogen and oxygen atoms in total. The summed E-state index contributed by atoms with van der Waals surface area (Å²) in [5.41, 5.74) is 0.672. The lowest BCUT2D eigenvalue weighted by atomic mass is 9.76. The first kappa shape index (κ1) is 6.28. The molecule has 1 fully saturated rings. The lowest BCUT2D eigenvalue weighted by Crippen LogP contribution is -2.22. The van der Waals surface area contributed by atoms with Gasteiger partial charge in [0.05, 0.1) is 0 Å². The minimum absolute atomic E-state index is 0.672. The van der Waals surface area contributed by atoms with Gasteiger partial charge in [0, 0.05) is 12.3 Å². The van der Waals surface area contributed by atoms with Crippen LogP contribution in [0.2, 0.25) is 0 Å². The molecule has 0 N–H and O–H groups in total. The molecule has 2 unspecified atom stereocenters. The Morgan fingerprint density at radius 1 is 1.30 bits per heavy atom. The van der Waals surface area contributed by atoms with Gasteiger partial charge in [-0.15, -0.1) is 5.92 Å². The largest absolute Gasteiger partial charge is 0.103 e. The quantitative estimate of drug-likeness (QED) is 0.446. The molecule has 1 saturated carbocycles. The van der Waals surface area contributed by atoms with Crippen LogP contribution in [0.1, 0.15) is 33.1 Å². The van der Waals surface area contributed by atoms with Crippen LogP contribution in [0.3, 0.4) is 0 Å². The zero-order chi connectivity index (χ0) is 7.19. The van der Waals surface area contributed by atoms with Gasteiger partial charge in [0.15, 0.2) is 0 Å². The van der Waals surface area contributed by atoms with E-state index in [2.05, 4.69) is 25.7 Å². The number of rotatable bonds is 0. The summed E-state index contributed by atoms with van der Waals surface area (Å²) in [5, 5.41) is 0. The predicted molar refractivity (Wildman–Crippen MR) is 42.4 cm³/mol. The van der Waals surface area contributed by atoms with Crippen molar-refractivity contribution in [2.75, 3.05) is 0 Å². The van der Waals surface area contributed by atoms with E-state index in [0.717, 1.165) is 12.3 Å². The van der Waals surface area contributed by atoms with E-state index < -0.39 is 0 Å². The average molecular weight is 134 g/mol. The summed E-state index contributed by atoms with van der Waals surface area (Å²) in [6.07, 6.45) is 4.01. The molecule has 0 aliphatic heterocycles. The lowest BCUT2D eigenvalue weighted by Gasteiger charge is -2.27. The Balaban J connectivity index is 2.26. The summed E-state index contributed by atoms with van der Waals surface area (Å²) in [7, 11) is 0. The molecule has 0 heterocycles. The summed E-state index contributed by atoms with van der Waals surface area (Å²) in [6, 6.07) is 0. The SMILES string of the molecule is CC1C#CCC(C)C12CC2. The third-order valence-electron chi connectivity index (χ3n) is 3.40. The van der Waals surface area contributed by atoms with Crippen LogP contribution in [0.25, 0.3) is 0 Å². The van der Waals surface area contributed by atoms with Crippen LogP contribution in [-0.4, -0.2) is 0 Å². The van der Waals surface area contributed by atoms with Gasteiger partial charge in [0.1, 0.15) is 0 Å². The molecule has 2 aliphatic rings. The molecule has 0 amide bonds. The minimum Gasteiger partial charge on any atom is -0.103 e. The second kappa shape index (κ2) is 1.78. The molecule has 0 radical (unpaired) electrons. The molecular weight excluding hydrogens is 120 g/mol. The monoisotopic (exact) mass is 134 g/mol. The van der Waals surface area contributed by atoms with Crippen molar-refractivity contribution in [2.24, 2.45) is 17.3 Å². The van der Waals surface area contributed by atoms with E-state index in [-0.39, 0.29) is 0 Å². The van der Waals surface area contributed by atoms with Crippen molar-refractivity contribution < 1.29 is 0 Å². The van der Waals surface area contributed by atoms with Gasteiger partial charge in [0.25, 0.3) is 0 Å². The summed E-state index contributed by atoms with van der Waals surface area (Å²) >= 11 is 0. The Bertz CT molecular complexity index is 200. The predicted octanol–water partition coefficient (Wildman–Crippen LogP) is 2.45. The smallest absolute Gasteiger partial charge is 0.0233 e. The Hall–Kier alpha value is -0.440. The van der Waals surface area contributed by atoms with E-state index in [1.807, 2.05) is 0 Å². The summed E-state index contributed by atoms with van der Waals surface area (Å²) in [4.78, 5) is 0. The van der Waals surface area contributed by atoms with Crippen molar-refractivity contribution in [2.45, 2.75) is 33.1 Å². The Morgan fingerprint density at radius 2 is 2.00 bits per heavy atom. The van der Waals surface area contributed by atoms with Crippen molar-refractivity contribution in [3.05, 3.63) is 0 Å². The van der Waals surface area contributed by atoms with Gasteiger partial charge in [-0.1, -0.05) is 19.8 Å². The maximum Gasteiger partial charge on any atom is 0.0233 e. The van der Waals surface area contributed by atoms with E-state index in [4.69, 9.17) is 0 Å². The Morgan fingerprint density at radius 3 is 2.40 bits per heavy atom. The van der Waals surface area contributed by atoms with Gasteiger partial charge in [-0.25, -0.2) is 0 Å². The van der Waals surface area contributed by atoms with E-state index in [0.29, 0.717) is 11.3 Å². The summed E-state index contributed by atoms with van der Waals surface area (Å²) in [6.45, 7) is 4.65. The van der Waals surface area contributed by atoms with Gasteiger partial charge in [-0.3, -0.25) is 0 Å². The summed E-state index contributed by atoms with van der Waals surface area (Å²) in [5.74, 6) is 8.09. The fraction of sp³-hybridized carbons (Fsp3) is 0.800. The van der Waals surface area contributed by atoms with Crippen LogP contribution in [0.15, 0.2) is 0 Å². The third kappa shape index (κ3) is 0.639. The van der Waals surface area contributed by atoms with Crippen molar-refractivity contribution >= 4 is 0 Å². The molecule has 0 aromatic heterocycles. The van der Waals surface area contributed by atoms with E-state index in [1.54, 1.807) is 0 Å². The molecule has 0 aromatic rings. The first-order valence-electron chi connectivity index (χ1n) is 4.24. The zero-order valence-corrected chi connectivity index (χ0v) is 6.78. The second-order valence-electron chi connectivity index (χ2n) is 3.88. The summed E-state index contributed by atoms with van der Waals surface area (Å²) < 4.78 is 0. The van der Waals surface area contributed by atoms with Crippen molar-refractivity contribution in [1.82, 2.24) is 0 Å². The Labute approximate surface area is 63.0 Å². The fourth-order valence-corrected chi connectivity index (χ4v) is 2.21. The van der Waals surface area contributed by atoms with Crippen LogP contribution < -0.4 is 0 Å². The van der Waals surface area contributed by atoms with E-state index in [1.165, 1.54) is 12.8 Å². The molecule has 2 aliphatic carbocycles. The highest BCUT2D eigenvalue weighted by molar-refractivity contribution is 5.19. The molecule has 0 heteroatoms. The Kier molecular flexibility index (Phi) is 1.12. The molecular formula is C10H14. The first-order chi connectivity index (χ1) is 4.76. The van der Waals surface area contributed by atoms with Crippen molar-refractivity contribution in [1.29, 1.82) is 0 Å². The van der Waals surface area contributed by atoms with Crippen LogP contribution in [0.4, 0.5) is 0 Å². The van der Waals surface area contributed by atoms with Gasteiger partial charge >= 0.3 is 0 Å². The van der Waals surface area contributed by atoms with Crippen LogP contribution in [0.5, 0.6) is 0 Å². The van der Waals surface area contributed by atoms with Crippen molar-refractivity contribution in [3.8, 4) is 11.8 Å². The third-order valence-corrected chi connectivity index (χ3v) is 3.40. The maximum atomic E-state index is 3.32. The maximum absolute atomic E-state index is 3.32. The average Bonchev–Trinajstić information content (AvgIpc) is 2.64. The van der Waals surface area contributed by atoms with Crippen molar-refractivity contribution in [3.63, 3.8) is 0 Å². The molecule has 0 aromatic carbocycles. The van der Waals surface area contributed by atoms with E-state index in [9.17, 15) is 0 Å². The standard InChI is InChI=1S/C10H14/c1-8-4-3-5-9(2)10(8)6-7-10/h8-9H,4,6-7H2,1-2H3. The normalized spacial score (nSPS) is 40.6. The van der Waals surface area contributed by atoms with Gasteiger partial charge in [-0.2, -0.15) is 0 Å². The van der Waals surface area contributed by atoms with Gasteiger partial charge in [-0.05, 0) is 24.2 Å². The molecule has 0 saturated heterocycles. The van der Waals surface area contributed by atoms with E-state index >= 15 is 0 Å². The first-order valence-corrected chi connectivity index (χ1v) is 4.24. The molecule has 0 bridgehead atoms. The number of hydrogen-bond acceptors (Lipinski definition) is 0. The lowest BCUT2D eigenvalue weighted by molar-refractivity contribution is 0.266. The van der Waals surface area contributed by atoms with Crippen LogP contribution in [0, 0.1) is 29.1 Å². The molecule has 2 rings (SSSR count). The molecule has 1 spiro atoms. The van der Waals surface area contributed by atoms with Crippen LogP contribution >= 0.6 is 0 Å². The molecule has 10 heavy (non-hydrogen) atoms. The number of hydrogen-bond donors (Lipinski definition) is 0. The zero-order valence-electron chi connectivity index (χ0n) is 6.78. The molecule has 2 atom stereocenters.